The lowest BCUT2D eigenvalue weighted by Crippen LogP contribution is -2.48. The van der Waals surface area contributed by atoms with E-state index < -0.39 is 5.97 Å². The number of halogens is 1. The van der Waals surface area contributed by atoms with Gasteiger partial charge in [-0.3, -0.25) is 14.5 Å². The standard InChI is InChI=1S/C16H24N2O4.ClH/c1-12-11-14(13(2)22-12)16(21)18-9-7-17(8-10-18)6-4-3-5-15(19)20;/h11H,3-10H2,1-2H3,(H,19,20);1H. The first-order chi connectivity index (χ1) is 10.5. The van der Waals surface area contributed by atoms with E-state index in [2.05, 4.69) is 4.90 Å². The van der Waals surface area contributed by atoms with Crippen LogP contribution in [0.15, 0.2) is 10.5 Å². The second-order valence-corrected chi connectivity index (χ2v) is 5.81. The Balaban J connectivity index is 0.00000264. The molecular formula is C16H25ClN2O4. The fourth-order valence-electron chi connectivity index (χ4n) is 2.80. The van der Waals surface area contributed by atoms with Crippen molar-refractivity contribution < 1.29 is 19.1 Å². The summed E-state index contributed by atoms with van der Waals surface area (Å²) >= 11 is 0. The minimum absolute atomic E-state index is 0. The molecule has 0 atom stereocenters. The van der Waals surface area contributed by atoms with Crippen molar-refractivity contribution in [2.75, 3.05) is 32.7 Å². The summed E-state index contributed by atoms with van der Waals surface area (Å²) in [5.41, 5.74) is 0.660. The number of carbonyl (C=O) groups excluding carboxylic acids is 1. The van der Waals surface area contributed by atoms with Crippen LogP contribution in [0.3, 0.4) is 0 Å². The second-order valence-electron chi connectivity index (χ2n) is 5.81. The van der Waals surface area contributed by atoms with E-state index in [1.54, 1.807) is 6.07 Å². The molecular weight excluding hydrogens is 320 g/mol. The number of piperazine rings is 1. The molecule has 0 aromatic carbocycles. The van der Waals surface area contributed by atoms with Crippen LogP contribution in [0.2, 0.25) is 0 Å². The van der Waals surface area contributed by atoms with E-state index in [-0.39, 0.29) is 24.7 Å². The molecule has 2 rings (SSSR count). The molecule has 7 heteroatoms. The van der Waals surface area contributed by atoms with Crippen LogP contribution in [0, 0.1) is 13.8 Å². The lowest BCUT2D eigenvalue weighted by Gasteiger charge is -2.34. The molecule has 0 radical (unpaired) electrons. The molecule has 23 heavy (non-hydrogen) atoms. The third-order valence-electron chi connectivity index (χ3n) is 4.05. The van der Waals surface area contributed by atoms with E-state index in [0.29, 0.717) is 30.8 Å². The van der Waals surface area contributed by atoms with Crippen molar-refractivity contribution in [2.24, 2.45) is 0 Å². The number of aryl methyl sites for hydroxylation is 2. The molecule has 2 heterocycles. The van der Waals surface area contributed by atoms with Crippen molar-refractivity contribution in [3.05, 3.63) is 23.2 Å². The van der Waals surface area contributed by atoms with Crippen LogP contribution in [0.5, 0.6) is 0 Å². The third kappa shape index (κ3) is 5.55. The van der Waals surface area contributed by atoms with Gasteiger partial charge in [0.25, 0.3) is 5.91 Å². The van der Waals surface area contributed by atoms with Crippen molar-refractivity contribution in [2.45, 2.75) is 33.1 Å². The Morgan fingerprint density at radius 3 is 2.35 bits per heavy atom. The highest BCUT2D eigenvalue weighted by molar-refractivity contribution is 5.95. The predicted molar refractivity (Wildman–Crippen MR) is 89.3 cm³/mol. The Labute approximate surface area is 142 Å². The first-order valence-corrected chi connectivity index (χ1v) is 7.78. The van der Waals surface area contributed by atoms with Gasteiger partial charge in [-0.1, -0.05) is 0 Å². The molecule has 1 aromatic rings. The lowest BCUT2D eigenvalue weighted by molar-refractivity contribution is -0.137. The number of carboxylic acid groups (broad SMARTS) is 1. The zero-order chi connectivity index (χ0) is 16.1. The van der Waals surface area contributed by atoms with Gasteiger partial charge in [0.1, 0.15) is 11.5 Å². The molecule has 1 amide bonds. The zero-order valence-corrected chi connectivity index (χ0v) is 14.5. The molecule has 1 saturated heterocycles. The van der Waals surface area contributed by atoms with E-state index in [1.807, 2.05) is 18.7 Å². The van der Waals surface area contributed by atoms with Crippen LogP contribution in [-0.2, 0) is 4.79 Å². The van der Waals surface area contributed by atoms with Gasteiger partial charge in [0.2, 0.25) is 0 Å². The largest absolute Gasteiger partial charge is 0.481 e. The SMILES string of the molecule is Cc1cc(C(=O)N2CCN(CCCCC(=O)O)CC2)c(C)o1.Cl. The molecule has 0 saturated carbocycles. The Morgan fingerprint density at radius 1 is 1.17 bits per heavy atom. The molecule has 1 fully saturated rings. The fraction of sp³-hybridized carbons (Fsp3) is 0.625. The fourth-order valence-corrected chi connectivity index (χ4v) is 2.80. The van der Waals surface area contributed by atoms with Gasteiger partial charge in [-0.25, -0.2) is 0 Å². The molecule has 0 spiro atoms. The van der Waals surface area contributed by atoms with Crippen LogP contribution >= 0.6 is 12.4 Å². The smallest absolute Gasteiger partial charge is 0.303 e. The van der Waals surface area contributed by atoms with Gasteiger partial charge >= 0.3 is 5.97 Å². The molecule has 1 N–H and O–H groups in total. The van der Waals surface area contributed by atoms with Crippen LogP contribution in [0.1, 0.15) is 41.1 Å². The Bertz CT molecular complexity index is 536. The van der Waals surface area contributed by atoms with Gasteiger partial charge in [0, 0.05) is 32.6 Å². The molecule has 6 nitrogen and oxygen atoms in total. The van der Waals surface area contributed by atoms with Crippen molar-refractivity contribution in [1.29, 1.82) is 0 Å². The summed E-state index contributed by atoms with van der Waals surface area (Å²) in [5, 5.41) is 8.61. The highest BCUT2D eigenvalue weighted by atomic mass is 35.5. The average molecular weight is 345 g/mol. The number of hydrogen-bond acceptors (Lipinski definition) is 4. The van der Waals surface area contributed by atoms with Gasteiger partial charge < -0.3 is 14.4 Å². The molecule has 1 aliphatic rings. The molecule has 0 unspecified atom stereocenters. The molecule has 0 bridgehead atoms. The van der Waals surface area contributed by atoms with Gasteiger partial charge in [-0.2, -0.15) is 0 Å². The van der Waals surface area contributed by atoms with Gasteiger partial charge in [-0.15, -0.1) is 12.4 Å². The number of aliphatic carboxylic acids is 1. The summed E-state index contributed by atoms with van der Waals surface area (Å²) < 4.78 is 5.43. The number of carboxylic acids is 1. The summed E-state index contributed by atoms with van der Waals surface area (Å²) in [7, 11) is 0. The monoisotopic (exact) mass is 344 g/mol. The van der Waals surface area contributed by atoms with Crippen LogP contribution in [-0.4, -0.2) is 59.5 Å². The molecule has 1 aromatic heterocycles. The van der Waals surface area contributed by atoms with Crippen LogP contribution in [0.25, 0.3) is 0 Å². The van der Waals surface area contributed by atoms with Gasteiger partial charge in [0.15, 0.2) is 0 Å². The quantitative estimate of drug-likeness (QED) is 0.802. The van der Waals surface area contributed by atoms with Gasteiger partial charge in [-0.05, 0) is 39.3 Å². The Hall–Kier alpha value is -1.53. The molecule has 1 aliphatic heterocycles. The molecule has 130 valence electrons. The minimum atomic E-state index is -0.735. The topological polar surface area (TPSA) is 74.0 Å². The maximum Gasteiger partial charge on any atom is 0.303 e. The van der Waals surface area contributed by atoms with E-state index in [4.69, 9.17) is 9.52 Å². The highest BCUT2D eigenvalue weighted by Gasteiger charge is 2.24. The number of carbonyl (C=O) groups is 2. The van der Waals surface area contributed by atoms with Crippen LogP contribution < -0.4 is 0 Å². The van der Waals surface area contributed by atoms with Crippen molar-refractivity contribution >= 4 is 24.3 Å². The molecule has 0 aliphatic carbocycles. The number of amides is 1. The number of furan rings is 1. The summed E-state index contributed by atoms with van der Waals surface area (Å²) in [6.07, 6.45) is 1.83. The number of unbranched alkanes of at least 4 members (excludes halogenated alkanes) is 1. The van der Waals surface area contributed by atoms with Crippen molar-refractivity contribution in [3.8, 4) is 0 Å². The third-order valence-corrected chi connectivity index (χ3v) is 4.05. The summed E-state index contributed by atoms with van der Waals surface area (Å²) in [6.45, 7) is 7.67. The van der Waals surface area contributed by atoms with Crippen LogP contribution in [0.4, 0.5) is 0 Å². The minimum Gasteiger partial charge on any atom is -0.481 e. The number of rotatable bonds is 6. The van der Waals surface area contributed by atoms with E-state index in [1.165, 1.54) is 0 Å². The number of nitrogens with zero attached hydrogens (tertiary/aromatic N) is 2. The summed E-state index contributed by atoms with van der Waals surface area (Å²) in [5.74, 6) is 0.748. The van der Waals surface area contributed by atoms with Crippen molar-refractivity contribution in [3.63, 3.8) is 0 Å². The average Bonchev–Trinajstić information content (AvgIpc) is 2.82. The first kappa shape index (κ1) is 19.5. The zero-order valence-electron chi connectivity index (χ0n) is 13.7. The maximum absolute atomic E-state index is 12.5. The Morgan fingerprint density at radius 2 is 1.83 bits per heavy atom. The van der Waals surface area contributed by atoms with E-state index in [0.717, 1.165) is 31.8 Å². The highest BCUT2D eigenvalue weighted by Crippen LogP contribution is 2.17. The normalized spacial score (nSPS) is 15.3. The summed E-state index contributed by atoms with van der Waals surface area (Å²) in [6, 6.07) is 1.80. The van der Waals surface area contributed by atoms with E-state index >= 15 is 0 Å². The second kappa shape index (κ2) is 8.93. The lowest BCUT2D eigenvalue weighted by atomic mass is 10.2. The maximum atomic E-state index is 12.5. The summed E-state index contributed by atoms with van der Waals surface area (Å²) in [4.78, 5) is 27.1. The van der Waals surface area contributed by atoms with Gasteiger partial charge in [0.05, 0.1) is 5.56 Å². The Kier molecular flexibility index (Phi) is 7.58. The van der Waals surface area contributed by atoms with E-state index in [9.17, 15) is 9.59 Å². The van der Waals surface area contributed by atoms with Crippen molar-refractivity contribution in [1.82, 2.24) is 9.80 Å². The number of hydrogen-bond donors (Lipinski definition) is 1. The first-order valence-electron chi connectivity index (χ1n) is 7.78. The predicted octanol–water partition coefficient (Wildman–Crippen LogP) is 2.33.